The summed E-state index contributed by atoms with van der Waals surface area (Å²) in [6.45, 7) is 3.49. The van der Waals surface area contributed by atoms with E-state index in [0.717, 1.165) is 33.4 Å². The van der Waals surface area contributed by atoms with Crippen LogP contribution in [0, 0.1) is 24.2 Å². The number of aryl methyl sites for hydroxylation is 1. The second-order valence-corrected chi connectivity index (χ2v) is 11.4. The maximum absolute atomic E-state index is 13.0. The largest absolute Gasteiger partial charge is 0.486 e. The molecule has 1 aliphatic heterocycles. The summed E-state index contributed by atoms with van der Waals surface area (Å²) in [6.07, 6.45) is 2.68. The van der Waals surface area contributed by atoms with Crippen molar-refractivity contribution >= 4 is 39.1 Å². The van der Waals surface area contributed by atoms with E-state index in [9.17, 15) is 9.90 Å². The van der Waals surface area contributed by atoms with Crippen molar-refractivity contribution in [2.45, 2.75) is 44.9 Å². The van der Waals surface area contributed by atoms with Crippen LogP contribution in [-0.4, -0.2) is 51.3 Å². The van der Waals surface area contributed by atoms with Crippen LogP contribution in [0.25, 0.3) is 21.8 Å². The summed E-state index contributed by atoms with van der Waals surface area (Å²) in [7, 11) is 0. The molecule has 7 rings (SSSR count). The number of fused-ring (bicyclic) bond motifs is 3. The molecule has 4 heterocycles. The lowest BCUT2D eigenvalue weighted by molar-refractivity contribution is -0.122. The normalized spacial score (nSPS) is 18.7. The van der Waals surface area contributed by atoms with E-state index in [1.807, 2.05) is 67.6 Å². The van der Waals surface area contributed by atoms with Crippen LogP contribution in [0.2, 0.25) is 0 Å². The number of aromatic nitrogens is 3. The van der Waals surface area contributed by atoms with Crippen LogP contribution < -0.4 is 25.8 Å². The van der Waals surface area contributed by atoms with E-state index >= 15 is 0 Å². The van der Waals surface area contributed by atoms with Gasteiger partial charge in [0, 0.05) is 41.0 Å². The summed E-state index contributed by atoms with van der Waals surface area (Å²) in [5.41, 5.74) is 10.7. The van der Waals surface area contributed by atoms with Gasteiger partial charge >= 0.3 is 0 Å². The number of anilines is 2. The molecule has 2 aliphatic rings. The zero-order valence-corrected chi connectivity index (χ0v) is 25.4. The number of ether oxygens (including phenoxy) is 2. The van der Waals surface area contributed by atoms with Crippen molar-refractivity contribution < 1.29 is 19.4 Å². The molecule has 5 aromatic rings. The Bertz CT molecular complexity index is 1930. The Hall–Kier alpha value is -5.31. The zero-order valence-electron chi connectivity index (χ0n) is 25.4. The van der Waals surface area contributed by atoms with Crippen LogP contribution in [0.1, 0.15) is 36.3 Å². The number of nitrogens with one attached hydrogen (secondary N) is 2. The summed E-state index contributed by atoms with van der Waals surface area (Å²) in [4.78, 5) is 26.0. The fourth-order valence-corrected chi connectivity index (χ4v) is 5.76. The van der Waals surface area contributed by atoms with Gasteiger partial charge in [0.1, 0.15) is 25.0 Å². The van der Waals surface area contributed by atoms with Gasteiger partial charge in [0.15, 0.2) is 11.5 Å². The minimum atomic E-state index is -0.655. The fourth-order valence-electron chi connectivity index (χ4n) is 5.76. The second-order valence-electron chi connectivity index (χ2n) is 11.4. The summed E-state index contributed by atoms with van der Waals surface area (Å²) < 4.78 is 11.1. The molecule has 11 heteroatoms. The summed E-state index contributed by atoms with van der Waals surface area (Å²) in [6, 6.07) is 22.6. The number of aliphatic hydroxyl groups is 1. The number of para-hydroxylation sites is 2. The number of aliphatic hydroxyl groups excluding tert-OH is 1. The Kier molecular flexibility index (Phi) is 9.19. The highest BCUT2D eigenvalue weighted by Gasteiger charge is 2.33. The molecular weight excluding hydrogens is 582 g/mol. The minimum Gasteiger partial charge on any atom is -0.486 e. The Morgan fingerprint density at radius 2 is 1.76 bits per heavy atom. The van der Waals surface area contributed by atoms with E-state index < -0.39 is 6.10 Å². The molecule has 2 aromatic carbocycles. The van der Waals surface area contributed by atoms with Crippen LogP contribution in [0.3, 0.4) is 0 Å². The van der Waals surface area contributed by atoms with Gasteiger partial charge in [-0.2, -0.15) is 5.26 Å². The van der Waals surface area contributed by atoms with Crippen molar-refractivity contribution in [3.8, 4) is 17.6 Å². The van der Waals surface area contributed by atoms with Crippen molar-refractivity contribution in [1.82, 2.24) is 20.3 Å². The highest BCUT2D eigenvalue weighted by molar-refractivity contribution is 6.01. The van der Waals surface area contributed by atoms with Gasteiger partial charge in [-0.05, 0) is 56.5 Å². The van der Waals surface area contributed by atoms with Gasteiger partial charge in [-0.1, -0.05) is 30.3 Å². The molecule has 234 valence electrons. The van der Waals surface area contributed by atoms with Gasteiger partial charge in [-0.3, -0.25) is 14.8 Å². The van der Waals surface area contributed by atoms with Gasteiger partial charge in [-0.15, -0.1) is 0 Å². The molecule has 1 saturated carbocycles. The average Bonchev–Trinajstić information content (AvgIpc) is 3.08. The van der Waals surface area contributed by atoms with Gasteiger partial charge in [0.2, 0.25) is 5.91 Å². The second kappa shape index (κ2) is 13.8. The number of nitrogens with two attached hydrogens (primary N) is 1. The Morgan fingerprint density at radius 1 is 1.00 bits per heavy atom. The van der Waals surface area contributed by atoms with Crippen LogP contribution in [0.15, 0.2) is 72.9 Å². The highest BCUT2D eigenvalue weighted by Crippen LogP contribution is 2.31. The molecular formula is C35H35N7O4. The van der Waals surface area contributed by atoms with Crippen molar-refractivity contribution in [3.05, 3.63) is 90.0 Å². The smallest absolute Gasteiger partial charge is 0.227 e. The van der Waals surface area contributed by atoms with Gasteiger partial charge in [-0.25, -0.2) is 4.98 Å². The number of rotatable bonds is 5. The van der Waals surface area contributed by atoms with Crippen molar-refractivity contribution in [1.29, 1.82) is 5.26 Å². The predicted molar refractivity (Wildman–Crippen MR) is 175 cm³/mol. The maximum Gasteiger partial charge on any atom is 0.227 e. The lowest BCUT2D eigenvalue weighted by atomic mass is 9.83. The van der Waals surface area contributed by atoms with Gasteiger partial charge in [0.25, 0.3) is 0 Å². The topological polar surface area (TPSA) is 168 Å². The molecule has 11 nitrogen and oxygen atoms in total. The monoisotopic (exact) mass is 617 g/mol. The molecule has 0 bridgehead atoms. The van der Waals surface area contributed by atoms with E-state index in [1.54, 1.807) is 18.3 Å². The van der Waals surface area contributed by atoms with E-state index in [1.165, 1.54) is 0 Å². The third-order valence-corrected chi connectivity index (χ3v) is 8.20. The van der Waals surface area contributed by atoms with Gasteiger partial charge in [0.05, 0.1) is 40.4 Å². The molecule has 0 spiro atoms. The van der Waals surface area contributed by atoms with Crippen molar-refractivity contribution in [3.63, 3.8) is 0 Å². The number of nitriles is 1. The first-order valence-corrected chi connectivity index (χ1v) is 15.3. The number of hydrogen-bond donors (Lipinski definition) is 4. The molecule has 46 heavy (non-hydrogen) atoms. The lowest BCUT2D eigenvalue weighted by Gasteiger charge is -2.33. The molecule has 5 N–H and O–H groups in total. The van der Waals surface area contributed by atoms with E-state index in [2.05, 4.69) is 25.6 Å². The first-order chi connectivity index (χ1) is 22.4. The van der Waals surface area contributed by atoms with Crippen LogP contribution in [-0.2, 0) is 11.3 Å². The van der Waals surface area contributed by atoms with Crippen LogP contribution in [0.4, 0.5) is 11.4 Å². The number of nitrogen functional groups attached to an aromatic ring is 1. The Balaban J connectivity index is 0.000000259. The number of hydrogen-bond acceptors (Lipinski definition) is 10. The molecule has 1 aliphatic carbocycles. The first-order valence-electron chi connectivity index (χ1n) is 15.3. The zero-order chi connectivity index (χ0) is 32.0. The quantitative estimate of drug-likeness (QED) is 0.204. The fraction of sp³-hybridized carbons (Fsp3) is 0.286. The number of pyridine rings is 3. The average molecular weight is 618 g/mol. The number of carbonyl (C=O) groups excluding carboxylic acids is 1. The summed E-state index contributed by atoms with van der Waals surface area (Å²) in [5, 5.41) is 28.1. The number of nitrogens with zero attached hydrogens (tertiary/aromatic N) is 4. The molecule has 0 unspecified atom stereocenters. The lowest BCUT2D eigenvalue weighted by Crippen LogP contribution is -2.46. The third kappa shape index (κ3) is 6.99. The number of carbonyl (C=O) groups is 1. The molecule has 1 amide bonds. The SMILES string of the molecule is Cc1ccc2cccc(N)c2n1.N#Cc1ccc2cccc(NC(=O)[C@@H]3CC[C@@H](NCc4cc5c(cn4)OCCO5)[C@@H](O)C3)c2n1. The number of benzene rings is 2. The van der Waals surface area contributed by atoms with E-state index in [-0.39, 0.29) is 17.9 Å². The maximum atomic E-state index is 13.0. The molecule has 0 saturated heterocycles. The van der Waals surface area contributed by atoms with E-state index in [0.29, 0.717) is 67.4 Å². The van der Waals surface area contributed by atoms with Crippen LogP contribution in [0.5, 0.6) is 11.5 Å². The standard InChI is InChI=1S/C25H25N5O4.C10H10N2/c26-12-17-6-4-15-2-1-3-20(24(15)29-17)30-25(32)16-5-7-19(21(31)10-16)28-13-18-11-22-23(14-27-18)34-9-8-33-22;1-7-5-6-8-3-2-4-9(11)10(8)12-7/h1-4,6,11,14,16,19,21,28,31H,5,7-10,13H2,(H,30,32);2-6H,11H2,1H3/t16-,19-,21+;/m1./s1. The van der Waals surface area contributed by atoms with E-state index in [4.69, 9.17) is 20.5 Å². The Labute approximate surface area is 266 Å². The predicted octanol–water partition coefficient (Wildman–Crippen LogP) is 4.66. The minimum absolute atomic E-state index is 0.128. The molecule has 3 atom stereocenters. The van der Waals surface area contributed by atoms with Crippen LogP contribution >= 0.6 is 0 Å². The van der Waals surface area contributed by atoms with Crippen molar-refractivity contribution in [2.24, 2.45) is 5.92 Å². The molecule has 1 fully saturated rings. The summed E-state index contributed by atoms with van der Waals surface area (Å²) in [5.74, 6) is 0.869. The van der Waals surface area contributed by atoms with Gasteiger partial charge < -0.3 is 30.9 Å². The summed E-state index contributed by atoms with van der Waals surface area (Å²) >= 11 is 0. The highest BCUT2D eigenvalue weighted by atomic mass is 16.6. The number of amides is 1. The Morgan fingerprint density at radius 3 is 2.57 bits per heavy atom. The third-order valence-electron chi connectivity index (χ3n) is 8.20. The molecule has 0 radical (unpaired) electrons. The molecule has 3 aromatic heterocycles. The van der Waals surface area contributed by atoms with Crippen molar-refractivity contribution in [2.75, 3.05) is 24.3 Å². The first kappa shape index (κ1) is 30.7.